The number of thiophene rings is 1. The molecular weight excluding hydrogens is 388 g/mol. The van der Waals surface area contributed by atoms with Gasteiger partial charge in [-0.05, 0) is 69.8 Å². The van der Waals surface area contributed by atoms with E-state index >= 15 is 0 Å². The molecule has 1 aromatic heterocycles. The summed E-state index contributed by atoms with van der Waals surface area (Å²) in [6.07, 6.45) is 6.56. The number of amides is 2. The number of carbonyl (C=O) groups excluding carboxylic acids is 2. The van der Waals surface area contributed by atoms with Crippen molar-refractivity contribution in [3.63, 3.8) is 0 Å². The Balaban J connectivity index is 1.67. The first-order valence-corrected chi connectivity index (χ1v) is 11.3. The lowest BCUT2D eigenvalue weighted by atomic mass is 9.78. The van der Waals surface area contributed by atoms with Gasteiger partial charge in [0, 0.05) is 4.88 Å². The van der Waals surface area contributed by atoms with Crippen LogP contribution in [0, 0.1) is 23.7 Å². The minimum atomic E-state index is -0.909. The molecule has 1 heterocycles. The minimum absolute atomic E-state index is 0.0269. The number of carbonyl (C=O) groups is 3. The van der Waals surface area contributed by atoms with Crippen LogP contribution in [0.3, 0.4) is 0 Å². The number of carboxylic acids is 1. The maximum absolute atomic E-state index is 13.3. The molecule has 156 valence electrons. The number of nitrogens with one attached hydrogen (secondary N) is 1. The first-order chi connectivity index (χ1) is 13.8. The van der Waals surface area contributed by atoms with Gasteiger partial charge in [0.2, 0.25) is 5.91 Å². The van der Waals surface area contributed by atoms with Gasteiger partial charge in [-0.25, -0.2) is 0 Å². The van der Waals surface area contributed by atoms with E-state index in [4.69, 9.17) is 5.73 Å². The zero-order valence-electron chi connectivity index (χ0n) is 16.9. The van der Waals surface area contributed by atoms with Crippen LogP contribution in [0.15, 0.2) is 11.1 Å². The number of primary amides is 1. The number of nitrogens with two attached hydrogens (primary N) is 1. The van der Waals surface area contributed by atoms with E-state index in [1.807, 2.05) is 13.8 Å². The number of aliphatic carboxylic acids is 1. The standard InChI is InChI=1S/C22H28N2O4S/c1-10(2)15-12-8-9-13(15)17(22(27)28)16(12)20(26)24-21-18(19(23)25)11-6-4-3-5-7-14(11)29-21/h12-13,16-17H,3-9H2,1-2H3,(H2,23,25)(H,24,26)(H,27,28)/t12-,13-,16+,17+/m0/s1. The summed E-state index contributed by atoms with van der Waals surface area (Å²) in [5.41, 5.74) is 9.35. The highest BCUT2D eigenvalue weighted by Crippen LogP contribution is 2.57. The summed E-state index contributed by atoms with van der Waals surface area (Å²) in [5.74, 6) is -3.11. The molecule has 3 aliphatic rings. The monoisotopic (exact) mass is 416 g/mol. The molecule has 4 rings (SSSR count). The second kappa shape index (κ2) is 7.59. The molecule has 2 saturated carbocycles. The highest BCUT2D eigenvalue weighted by molar-refractivity contribution is 7.17. The number of hydrogen-bond acceptors (Lipinski definition) is 4. The Hall–Kier alpha value is -2.15. The Labute approximate surface area is 174 Å². The van der Waals surface area contributed by atoms with Gasteiger partial charge in [-0.15, -0.1) is 11.3 Å². The Morgan fingerprint density at radius 1 is 1.03 bits per heavy atom. The number of carboxylic acid groups (broad SMARTS) is 1. The predicted octanol–water partition coefficient (Wildman–Crippen LogP) is 3.75. The minimum Gasteiger partial charge on any atom is -0.481 e. The zero-order chi connectivity index (χ0) is 20.9. The van der Waals surface area contributed by atoms with E-state index in [0.717, 1.165) is 66.5 Å². The Morgan fingerprint density at radius 3 is 2.31 bits per heavy atom. The summed E-state index contributed by atoms with van der Waals surface area (Å²) in [5, 5.41) is 13.3. The molecule has 0 spiro atoms. The van der Waals surface area contributed by atoms with Crippen LogP contribution < -0.4 is 11.1 Å². The van der Waals surface area contributed by atoms with Gasteiger partial charge in [0.05, 0.1) is 17.4 Å². The molecule has 0 aromatic carbocycles. The number of hydrogen-bond donors (Lipinski definition) is 3. The quantitative estimate of drug-likeness (QED) is 0.513. The molecule has 0 unspecified atom stereocenters. The molecule has 4 atom stereocenters. The molecular formula is C22H28N2O4S. The summed E-state index contributed by atoms with van der Waals surface area (Å²) in [4.78, 5) is 38.6. The fourth-order valence-electron chi connectivity index (χ4n) is 5.89. The zero-order valence-corrected chi connectivity index (χ0v) is 17.7. The van der Waals surface area contributed by atoms with Gasteiger partial charge in [-0.1, -0.05) is 17.6 Å². The van der Waals surface area contributed by atoms with Crippen LogP contribution in [-0.4, -0.2) is 22.9 Å². The first kappa shape index (κ1) is 20.1. The van der Waals surface area contributed by atoms with Crippen molar-refractivity contribution >= 4 is 34.1 Å². The lowest BCUT2D eigenvalue weighted by Crippen LogP contribution is -2.38. The van der Waals surface area contributed by atoms with Crippen LogP contribution >= 0.6 is 11.3 Å². The Morgan fingerprint density at radius 2 is 1.69 bits per heavy atom. The van der Waals surface area contributed by atoms with E-state index < -0.39 is 23.7 Å². The fraction of sp³-hybridized carbons (Fsp3) is 0.591. The van der Waals surface area contributed by atoms with Crippen molar-refractivity contribution in [2.24, 2.45) is 29.4 Å². The van der Waals surface area contributed by atoms with Gasteiger partial charge in [0.1, 0.15) is 5.00 Å². The lowest BCUT2D eigenvalue weighted by Gasteiger charge is -2.26. The molecule has 0 aliphatic heterocycles. The fourth-order valence-corrected chi connectivity index (χ4v) is 7.19. The van der Waals surface area contributed by atoms with Crippen LogP contribution in [-0.2, 0) is 22.4 Å². The van der Waals surface area contributed by atoms with Gasteiger partial charge in [0.15, 0.2) is 0 Å². The molecule has 0 saturated heterocycles. The Bertz CT molecular complexity index is 912. The molecule has 1 aromatic rings. The van der Waals surface area contributed by atoms with Crippen molar-refractivity contribution in [1.29, 1.82) is 0 Å². The first-order valence-electron chi connectivity index (χ1n) is 10.5. The summed E-state index contributed by atoms with van der Waals surface area (Å²) in [6.45, 7) is 4.00. The van der Waals surface area contributed by atoms with Gasteiger partial charge in [0.25, 0.3) is 5.91 Å². The van der Waals surface area contributed by atoms with Crippen molar-refractivity contribution in [2.75, 3.05) is 5.32 Å². The largest absolute Gasteiger partial charge is 0.481 e. The lowest BCUT2D eigenvalue weighted by molar-refractivity contribution is -0.148. The van der Waals surface area contributed by atoms with Gasteiger partial charge >= 0.3 is 5.97 Å². The van der Waals surface area contributed by atoms with Crippen molar-refractivity contribution < 1.29 is 19.5 Å². The van der Waals surface area contributed by atoms with E-state index in [9.17, 15) is 19.5 Å². The third-order valence-corrected chi connectivity index (χ3v) is 8.12. The van der Waals surface area contributed by atoms with Crippen molar-refractivity contribution in [1.82, 2.24) is 0 Å². The highest BCUT2D eigenvalue weighted by Gasteiger charge is 2.57. The molecule has 29 heavy (non-hydrogen) atoms. The molecule has 2 bridgehead atoms. The maximum Gasteiger partial charge on any atom is 0.307 e. The summed E-state index contributed by atoms with van der Waals surface area (Å²) in [7, 11) is 0. The normalized spacial score (nSPS) is 28.0. The second-order valence-corrected chi connectivity index (χ2v) is 9.86. The van der Waals surface area contributed by atoms with E-state index in [0.29, 0.717) is 10.6 Å². The third-order valence-electron chi connectivity index (χ3n) is 6.91. The molecule has 6 nitrogen and oxygen atoms in total. The SMILES string of the molecule is CC(C)=C1[C@@H]2CC[C@@H]1[C@@H](C(=O)Nc1sc3c(c1C(N)=O)CCCCC3)[C@@H]2C(=O)O. The van der Waals surface area contributed by atoms with Gasteiger partial charge < -0.3 is 16.2 Å². The van der Waals surface area contributed by atoms with Crippen LogP contribution in [0.2, 0.25) is 0 Å². The van der Waals surface area contributed by atoms with Crippen LogP contribution in [0.4, 0.5) is 5.00 Å². The molecule has 0 radical (unpaired) electrons. The van der Waals surface area contributed by atoms with Crippen LogP contribution in [0.5, 0.6) is 0 Å². The second-order valence-electron chi connectivity index (χ2n) is 8.76. The number of anilines is 1. The number of rotatable bonds is 4. The Kier molecular flexibility index (Phi) is 5.27. The van der Waals surface area contributed by atoms with E-state index in [-0.39, 0.29) is 17.7 Å². The van der Waals surface area contributed by atoms with Crippen molar-refractivity contribution in [3.05, 3.63) is 27.2 Å². The predicted molar refractivity (Wildman–Crippen MR) is 112 cm³/mol. The van der Waals surface area contributed by atoms with Crippen molar-refractivity contribution in [3.8, 4) is 0 Å². The van der Waals surface area contributed by atoms with Crippen molar-refractivity contribution in [2.45, 2.75) is 58.8 Å². The smallest absolute Gasteiger partial charge is 0.307 e. The molecule has 4 N–H and O–H groups in total. The molecule has 3 aliphatic carbocycles. The summed E-state index contributed by atoms with van der Waals surface area (Å²) in [6, 6.07) is 0. The van der Waals surface area contributed by atoms with E-state index in [2.05, 4.69) is 5.32 Å². The molecule has 2 amide bonds. The summed E-state index contributed by atoms with van der Waals surface area (Å²) >= 11 is 1.44. The number of fused-ring (bicyclic) bond motifs is 3. The van der Waals surface area contributed by atoms with Gasteiger partial charge in [-0.2, -0.15) is 0 Å². The van der Waals surface area contributed by atoms with E-state index in [1.165, 1.54) is 11.3 Å². The van der Waals surface area contributed by atoms with Crippen LogP contribution in [0.25, 0.3) is 0 Å². The van der Waals surface area contributed by atoms with Crippen LogP contribution in [0.1, 0.15) is 66.8 Å². The topological polar surface area (TPSA) is 109 Å². The molecule has 2 fully saturated rings. The average molecular weight is 417 g/mol. The van der Waals surface area contributed by atoms with Gasteiger partial charge in [-0.3, -0.25) is 14.4 Å². The molecule has 7 heteroatoms. The average Bonchev–Trinajstić information content (AvgIpc) is 3.26. The maximum atomic E-state index is 13.3. The highest BCUT2D eigenvalue weighted by atomic mass is 32.1. The van der Waals surface area contributed by atoms with E-state index in [1.54, 1.807) is 0 Å². The third kappa shape index (κ3) is 3.29. The summed E-state index contributed by atoms with van der Waals surface area (Å²) < 4.78 is 0. The number of aryl methyl sites for hydroxylation is 1. The number of allylic oxidation sites excluding steroid dienone is 2.